The monoisotopic (exact) mass is 239 g/mol. The summed E-state index contributed by atoms with van der Waals surface area (Å²) in [4.78, 5) is 2.56. The van der Waals surface area contributed by atoms with E-state index in [1.165, 1.54) is 32.4 Å². The van der Waals surface area contributed by atoms with Crippen LogP contribution in [0.5, 0.6) is 0 Å². The Kier molecular flexibility index (Phi) is 3.57. The summed E-state index contributed by atoms with van der Waals surface area (Å²) in [5, 5.41) is 10.2. The predicted molar refractivity (Wildman–Crippen MR) is 72.0 cm³/mol. The van der Waals surface area contributed by atoms with E-state index in [2.05, 4.69) is 32.6 Å². The summed E-state index contributed by atoms with van der Waals surface area (Å²) < 4.78 is 0. The molecule has 1 N–H and O–H groups in total. The Bertz CT molecular complexity index is 272. The van der Waals surface area contributed by atoms with Gasteiger partial charge in [0.05, 0.1) is 6.10 Å². The second-order valence-corrected chi connectivity index (χ2v) is 7.88. The Labute approximate surface area is 106 Å². The van der Waals surface area contributed by atoms with Gasteiger partial charge in [0.2, 0.25) is 0 Å². The van der Waals surface area contributed by atoms with Gasteiger partial charge in [-0.25, -0.2) is 0 Å². The van der Waals surface area contributed by atoms with Crippen LogP contribution in [-0.2, 0) is 0 Å². The van der Waals surface area contributed by atoms with E-state index in [0.717, 1.165) is 13.0 Å². The van der Waals surface area contributed by atoms with Crippen molar-refractivity contribution in [1.29, 1.82) is 0 Å². The number of likely N-dealkylation sites (tertiary alicyclic amines) is 1. The van der Waals surface area contributed by atoms with E-state index < -0.39 is 0 Å². The highest BCUT2D eigenvalue weighted by molar-refractivity contribution is 4.89. The van der Waals surface area contributed by atoms with Crippen LogP contribution in [0.15, 0.2) is 0 Å². The minimum absolute atomic E-state index is 0.0632. The summed E-state index contributed by atoms with van der Waals surface area (Å²) in [6.45, 7) is 12.9. The topological polar surface area (TPSA) is 23.5 Å². The van der Waals surface area contributed by atoms with Crippen LogP contribution in [0.2, 0.25) is 0 Å². The predicted octanol–water partition coefficient (Wildman–Crippen LogP) is 2.91. The summed E-state index contributed by atoms with van der Waals surface area (Å²) >= 11 is 0. The van der Waals surface area contributed by atoms with Crippen molar-refractivity contribution >= 4 is 0 Å². The first-order valence-electron chi connectivity index (χ1n) is 7.18. The molecular weight excluding hydrogens is 210 g/mol. The first kappa shape index (κ1) is 13.4. The van der Waals surface area contributed by atoms with Crippen molar-refractivity contribution in [2.24, 2.45) is 16.7 Å². The van der Waals surface area contributed by atoms with Crippen LogP contribution in [0.1, 0.15) is 53.4 Å². The van der Waals surface area contributed by atoms with Gasteiger partial charge in [0.25, 0.3) is 0 Å². The van der Waals surface area contributed by atoms with Crippen molar-refractivity contribution in [3.63, 3.8) is 0 Å². The quantitative estimate of drug-likeness (QED) is 0.801. The molecule has 2 nitrogen and oxygen atoms in total. The molecule has 0 aromatic heterocycles. The zero-order valence-corrected chi connectivity index (χ0v) is 12.0. The standard InChI is InChI=1S/C15H29NO/c1-14(2)6-5-13(17)12(9-14)10-16-8-7-15(3,4)11-16/h12-13,17H,5-11H2,1-4H3. The van der Waals surface area contributed by atoms with Crippen LogP contribution in [0.25, 0.3) is 0 Å². The molecule has 0 aromatic rings. The molecule has 0 bridgehead atoms. The zero-order chi connectivity index (χ0) is 12.7. The van der Waals surface area contributed by atoms with E-state index >= 15 is 0 Å². The van der Waals surface area contributed by atoms with Crippen LogP contribution in [0, 0.1) is 16.7 Å². The van der Waals surface area contributed by atoms with Gasteiger partial charge in [-0.05, 0) is 49.0 Å². The second-order valence-electron chi connectivity index (χ2n) is 7.88. The first-order chi connectivity index (χ1) is 7.77. The van der Waals surface area contributed by atoms with Gasteiger partial charge in [0.1, 0.15) is 0 Å². The van der Waals surface area contributed by atoms with Gasteiger partial charge >= 0.3 is 0 Å². The van der Waals surface area contributed by atoms with E-state index in [0.29, 0.717) is 16.7 Å². The maximum absolute atomic E-state index is 10.2. The largest absolute Gasteiger partial charge is 0.393 e. The number of nitrogens with zero attached hydrogens (tertiary/aromatic N) is 1. The Hall–Kier alpha value is -0.0800. The fraction of sp³-hybridized carbons (Fsp3) is 1.00. The Balaban J connectivity index is 1.89. The molecule has 0 aromatic carbocycles. The van der Waals surface area contributed by atoms with Crippen LogP contribution < -0.4 is 0 Å². The normalized spacial score (nSPS) is 37.2. The lowest BCUT2D eigenvalue weighted by molar-refractivity contribution is 0.00630. The highest BCUT2D eigenvalue weighted by Gasteiger charge is 2.37. The first-order valence-corrected chi connectivity index (χ1v) is 7.18. The number of rotatable bonds is 2. The van der Waals surface area contributed by atoms with E-state index in [1.54, 1.807) is 0 Å². The fourth-order valence-electron chi connectivity index (χ4n) is 3.62. The van der Waals surface area contributed by atoms with E-state index in [-0.39, 0.29) is 6.10 Å². The van der Waals surface area contributed by atoms with Gasteiger partial charge < -0.3 is 10.0 Å². The minimum Gasteiger partial charge on any atom is -0.393 e. The summed E-state index contributed by atoms with van der Waals surface area (Å²) in [5.74, 6) is 0.493. The SMILES string of the molecule is CC1(C)CCC(O)C(CN2CCC(C)(C)C2)C1. The van der Waals surface area contributed by atoms with Crippen molar-refractivity contribution in [2.45, 2.75) is 59.5 Å². The smallest absolute Gasteiger partial charge is 0.0581 e. The Morgan fingerprint density at radius 3 is 2.41 bits per heavy atom. The van der Waals surface area contributed by atoms with Gasteiger partial charge in [-0.2, -0.15) is 0 Å². The summed E-state index contributed by atoms with van der Waals surface area (Å²) in [5.41, 5.74) is 0.911. The number of aliphatic hydroxyl groups excluding tert-OH is 1. The van der Waals surface area contributed by atoms with E-state index in [9.17, 15) is 5.11 Å². The van der Waals surface area contributed by atoms with Gasteiger partial charge in [-0.15, -0.1) is 0 Å². The molecule has 0 spiro atoms. The van der Waals surface area contributed by atoms with Crippen molar-refractivity contribution in [2.75, 3.05) is 19.6 Å². The van der Waals surface area contributed by atoms with Crippen LogP contribution >= 0.6 is 0 Å². The highest BCUT2D eigenvalue weighted by Crippen LogP contribution is 2.40. The second kappa shape index (κ2) is 4.55. The summed E-state index contributed by atoms with van der Waals surface area (Å²) in [6, 6.07) is 0. The molecule has 100 valence electrons. The molecule has 1 saturated carbocycles. The third kappa shape index (κ3) is 3.45. The third-order valence-corrected chi connectivity index (χ3v) is 4.72. The van der Waals surface area contributed by atoms with E-state index in [1.807, 2.05) is 0 Å². The zero-order valence-electron chi connectivity index (χ0n) is 12.0. The molecule has 17 heavy (non-hydrogen) atoms. The average Bonchev–Trinajstić information content (AvgIpc) is 2.52. The van der Waals surface area contributed by atoms with E-state index in [4.69, 9.17) is 0 Å². The molecule has 1 saturated heterocycles. The number of aliphatic hydroxyl groups is 1. The molecule has 1 aliphatic heterocycles. The molecular formula is C15H29NO. The van der Waals surface area contributed by atoms with Crippen molar-refractivity contribution in [3.8, 4) is 0 Å². The molecule has 2 rings (SSSR count). The minimum atomic E-state index is -0.0632. The molecule has 0 amide bonds. The lowest BCUT2D eigenvalue weighted by Crippen LogP contribution is -2.40. The van der Waals surface area contributed by atoms with Crippen LogP contribution in [-0.4, -0.2) is 35.7 Å². The van der Waals surface area contributed by atoms with Crippen molar-refractivity contribution < 1.29 is 5.11 Å². The Morgan fingerprint density at radius 1 is 1.12 bits per heavy atom. The molecule has 2 atom stereocenters. The van der Waals surface area contributed by atoms with Gasteiger partial charge in [-0.3, -0.25) is 0 Å². The van der Waals surface area contributed by atoms with Crippen molar-refractivity contribution in [1.82, 2.24) is 4.90 Å². The van der Waals surface area contributed by atoms with Crippen LogP contribution in [0.4, 0.5) is 0 Å². The fourth-order valence-corrected chi connectivity index (χ4v) is 3.62. The highest BCUT2D eigenvalue weighted by atomic mass is 16.3. The van der Waals surface area contributed by atoms with Gasteiger partial charge in [-0.1, -0.05) is 27.7 Å². The summed E-state index contributed by atoms with van der Waals surface area (Å²) in [7, 11) is 0. The maximum Gasteiger partial charge on any atom is 0.0581 e. The van der Waals surface area contributed by atoms with Crippen LogP contribution in [0.3, 0.4) is 0 Å². The lowest BCUT2D eigenvalue weighted by Gasteiger charge is -2.40. The Morgan fingerprint density at radius 2 is 1.82 bits per heavy atom. The molecule has 2 aliphatic rings. The average molecular weight is 239 g/mol. The molecule has 1 heterocycles. The molecule has 1 aliphatic carbocycles. The maximum atomic E-state index is 10.2. The molecule has 0 radical (unpaired) electrons. The van der Waals surface area contributed by atoms with Gasteiger partial charge in [0, 0.05) is 13.1 Å². The molecule has 2 heteroatoms. The van der Waals surface area contributed by atoms with Crippen molar-refractivity contribution in [3.05, 3.63) is 0 Å². The molecule has 2 fully saturated rings. The molecule has 2 unspecified atom stereocenters. The van der Waals surface area contributed by atoms with Gasteiger partial charge in [0.15, 0.2) is 0 Å². The third-order valence-electron chi connectivity index (χ3n) is 4.72. The number of hydrogen-bond acceptors (Lipinski definition) is 2. The summed E-state index contributed by atoms with van der Waals surface area (Å²) in [6.07, 6.45) is 4.60. The lowest BCUT2D eigenvalue weighted by atomic mass is 9.71. The number of hydrogen-bond donors (Lipinski definition) is 1.